The van der Waals surface area contributed by atoms with E-state index in [2.05, 4.69) is 46.3 Å². The van der Waals surface area contributed by atoms with Crippen molar-refractivity contribution in [3.05, 3.63) is 59.8 Å². The molecule has 1 aliphatic heterocycles. The van der Waals surface area contributed by atoms with Crippen LogP contribution in [0, 0.1) is 12.8 Å². The molecule has 0 amide bonds. The van der Waals surface area contributed by atoms with E-state index in [-0.39, 0.29) is 0 Å². The lowest BCUT2D eigenvalue weighted by molar-refractivity contribution is 0.0929. The van der Waals surface area contributed by atoms with Crippen LogP contribution in [0.25, 0.3) is 0 Å². The number of rotatable bonds is 5. The highest BCUT2D eigenvalue weighted by Gasteiger charge is 2.23. The Morgan fingerprint density at radius 1 is 1.14 bits per heavy atom. The van der Waals surface area contributed by atoms with E-state index in [1.54, 1.807) is 0 Å². The van der Waals surface area contributed by atoms with E-state index in [0.29, 0.717) is 12.5 Å². The van der Waals surface area contributed by atoms with Gasteiger partial charge in [0.25, 0.3) is 0 Å². The smallest absolute Gasteiger partial charge is 0.128 e. The highest BCUT2D eigenvalue weighted by Crippen LogP contribution is 2.22. The monoisotopic (exact) mass is 282 g/mol. The maximum absolute atomic E-state index is 5.86. The molecule has 0 bridgehead atoms. The van der Waals surface area contributed by atoms with Gasteiger partial charge >= 0.3 is 0 Å². The van der Waals surface area contributed by atoms with E-state index in [1.807, 2.05) is 19.1 Å². The van der Waals surface area contributed by atoms with E-state index < -0.39 is 0 Å². The van der Waals surface area contributed by atoms with Gasteiger partial charge in [-0.2, -0.15) is 0 Å². The Hall–Kier alpha value is -1.87. The van der Waals surface area contributed by atoms with Crippen LogP contribution in [0.4, 0.5) is 5.82 Å². The summed E-state index contributed by atoms with van der Waals surface area (Å²) in [4.78, 5) is 6.97. The van der Waals surface area contributed by atoms with Crippen molar-refractivity contribution in [3.63, 3.8) is 0 Å². The van der Waals surface area contributed by atoms with E-state index in [0.717, 1.165) is 31.2 Å². The van der Waals surface area contributed by atoms with Gasteiger partial charge in [0.1, 0.15) is 5.82 Å². The standard InChI is InChI=1S/C18H22N2O/c1-15-6-5-9-18(19-15)20-11-10-17(12-20)14-21-13-16-7-3-2-4-8-16/h2-9,17H,10-14H2,1H3. The van der Waals surface area contributed by atoms with E-state index in [9.17, 15) is 0 Å². The summed E-state index contributed by atoms with van der Waals surface area (Å²) in [6.07, 6.45) is 1.18. The second kappa shape index (κ2) is 6.72. The van der Waals surface area contributed by atoms with Crippen molar-refractivity contribution < 1.29 is 4.74 Å². The van der Waals surface area contributed by atoms with Crippen LogP contribution in [-0.2, 0) is 11.3 Å². The van der Waals surface area contributed by atoms with Gasteiger partial charge in [0, 0.05) is 24.7 Å². The lowest BCUT2D eigenvalue weighted by Crippen LogP contribution is -2.22. The number of nitrogens with zero attached hydrogens (tertiary/aromatic N) is 2. The van der Waals surface area contributed by atoms with Gasteiger partial charge in [0.2, 0.25) is 0 Å². The molecule has 0 radical (unpaired) electrons. The average Bonchev–Trinajstić information content (AvgIpc) is 2.97. The van der Waals surface area contributed by atoms with Gasteiger partial charge in [-0.15, -0.1) is 0 Å². The fourth-order valence-electron chi connectivity index (χ4n) is 2.80. The Labute approximate surface area is 126 Å². The predicted octanol–water partition coefficient (Wildman–Crippen LogP) is 3.43. The average molecular weight is 282 g/mol. The SMILES string of the molecule is Cc1cccc(N2CCC(COCc3ccccc3)C2)n1. The van der Waals surface area contributed by atoms with Crippen LogP contribution in [0.1, 0.15) is 17.7 Å². The van der Waals surface area contributed by atoms with Gasteiger partial charge in [-0.1, -0.05) is 36.4 Å². The normalized spacial score (nSPS) is 18.1. The lowest BCUT2D eigenvalue weighted by atomic mass is 10.1. The minimum Gasteiger partial charge on any atom is -0.376 e. The van der Waals surface area contributed by atoms with Crippen LogP contribution >= 0.6 is 0 Å². The Morgan fingerprint density at radius 3 is 2.81 bits per heavy atom. The number of hydrogen-bond acceptors (Lipinski definition) is 3. The highest BCUT2D eigenvalue weighted by molar-refractivity contribution is 5.40. The lowest BCUT2D eigenvalue weighted by Gasteiger charge is -2.18. The molecule has 2 heterocycles. The molecule has 0 aliphatic carbocycles. The van der Waals surface area contributed by atoms with Gasteiger partial charge in [-0.3, -0.25) is 0 Å². The summed E-state index contributed by atoms with van der Waals surface area (Å²) in [5.41, 5.74) is 2.32. The Kier molecular flexibility index (Phi) is 4.51. The topological polar surface area (TPSA) is 25.4 Å². The molecule has 3 rings (SSSR count). The van der Waals surface area contributed by atoms with Gasteiger partial charge in [-0.05, 0) is 31.0 Å². The molecule has 1 aromatic carbocycles. The summed E-state index contributed by atoms with van der Waals surface area (Å²) in [6, 6.07) is 16.6. The Balaban J connectivity index is 1.47. The number of pyridine rings is 1. The third-order valence-electron chi connectivity index (χ3n) is 3.95. The summed E-state index contributed by atoms with van der Waals surface area (Å²) in [7, 11) is 0. The molecule has 1 unspecified atom stereocenters. The summed E-state index contributed by atoms with van der Waals surface area (Å²) >= 11 is 0. The third kappa shape index (κ3) is 3.82. The molecule has 1 aliphatic rings. The molecule has 2 aromatic rings. The first kappa shape index (κ1) is 14.1. The minimum atomic E-state index is 0.607. The number of aryl methyl sites for hydroxylation is 1. The van der Waals surface area contributed by atoms with Crippen LogP contribution in [-0.4, -0.2) is 24.7 Å². The van der Waals surface area contributed by atoms with Crippen molar-refractivity contribution in [2.45, 2.75) is 20.0 Å². The molecule has 0 spiro atoms. The fraction of sp³-hybridized carbons (Fsp3) is 0.389. The van der Waals surface area contributed by atoms with E-state index in [1.165, 1.54) is 12.0 Å². The zero-order chi connectivity index (χ0) is 14.5. The molecule has 110 valence electrons. The van der Waals surface area contributed by atoms with Crippen molar-refractivity contribution in [2.24, 2.45) is 5.92 Å². The Bertz CT molecular complexity index is 570. The summed E-state index contributed by atoms with van der Waals surface area (Å²) in [5.74, 6) is 1.71. The highest BCUT2D eigenvalue weighted by atomic mass is 16.5. The summed E-state index contributed by atoms with van der Waals surface area (Å²) < 4.78 is 5.86. The van der Waals surface area contributed by atoms with Crippen molar-refractivity contribution in [3.8, 4) is 0 Å². The first-order valence-corrected chi connectivity index (χ1v) is 7.61. The zero-order valence-corrected chi connectivity index (χ0v) is 12.5. The van der Waals surface area contributed by atoms with Crippen molar-refractivity contribution >= 4 is 5.82 Å². The molecular weight excluding hydrogens is 260 g/mol. The van der Waals surface area contributed by atoms with Gasteiger partial charge < -0.3 is 9.64 Å². The maximum Gasteiger partial charge on any atom is 0.128 e. The van der Waals surface area contributed by atoms with Crippen molar-refractivity contribution in [2.75, 3.05) is 24.6 Å². The van der Waals surface area contributed by atoms with Crippen LogP contribution in [0.5, 0.6) is 0 Å². The van der Waals surface area contributed by atoms with Crippen LogP contribution in [0.2, 0.25) is 0 Å². The number of ether oxygens (including phenoxy) is 1. The number of hydrogen-bond donors (Lipinski definition) is 0. The van der Waals surface area contributed by atoms with Gasteiger partial charge in [0.05, 0.1) is 13.2 Å². The second-order valence-corrected chi connectivity index (χ2v) is 5.74. The number of anilines is 1. The number of aromatic nitrogens is 1. The Morgan fingerprint density at radius 2 is 2.00 bits per heavy atom. The number of benzene rings is 1. The van der Waals surface area contributed by atoms with Gasteiger partial charge in [-0.25, -0.2) is 4.98 Å². The third-order valence-corrected chi connectivity index (χ3v) is 3.95. The predicted molar refractivity (Wildman–Crippen MR) is 85.4 cm³/mol. The largest absolute Gasteiger partial charge is 0.376 e. The van der Waals surface area contributed by atoms with E-state index in [4.69, 9.17) is 4.74 Å². The molecule has 21 heavy (non-hydrogen) atoms. The molecule has 0 saturated carbocycles. The maximum atomic E-state index is 5.86. The van der Waals surface area contributed by atoms with Crippen LogP contribution in [0.3, 0.4) is 0 Å². The summed E-state index contributed by atoms with van der Waals surface area (Å²) in [6.45, 7) is 5.71. The first-order valence-electron chi connectivity index (χ1n) is 7.61. The molecule has 1 fully saturated rings. The van der Waals surface area contributed by atoms with Crippen LogP contribution < -0.4 is 4.90 Å². The quantitative estimate of drug-likeness (QED) is 0.840. The molecule has 3 heteroatoms. The fourth-order valence-corrected chi connectivity index (χ4v) is 2.80. The molecular formula is C18H22N2O. The molecule has 1 aromatic heterocycles. The van der Waals surface area contributed by atoms with Crippen molar-refractivity contribution in [1.29, 1.82) is 0 Å². The molecule has 0 N–H and O–H groups in total. The summed E-state index contributed by atoms with van der Waals surface area (Å²) in [5, 5.41) is 0. The van der Waals surface area contributed by atoms with E-state index >= 15 is 0 Å². The molecule has 1 saturated heterocycles. The second-order valence-electron chi connectivity index (χ2n) is 5.74. The minimum absolute atomic E-state index is 0.607. The first-order chi connectivity index (χ1) is 10.3. The zero-order valence-electron chi connectivity index (χ0n) is 12.5. The van der Waals surface area contributed by atoms with Crippen LogP contribution in [0.15, 0.2) is 48.5 Å². The molecule has 1 atom stereocenters. The van der Waals surface area contributed by atoms with Gasteiger partial charge in [0.15, 0.2) is 0 Å². The van der Waals surface area contributed by atoms with Crippen molar-refractivity contribution in [1.82, 2.24) is 4.98 Å². The molecule has 3 nitrogen and oxygen atoms in total.